The van der Waals surface area contributed by atoms with E-state index in [1.807, 2.05) is 6.07 Å². The smallest absolute Gasteiger partial charge is 0.122 e. The van der Waals surface area contributed by atoms with Crippen LogP contribution in [0.3, 0.4) is 0 Å². The van der Waals surface area contributed by atoms with Crippen LogP contribution in [-0.2, 0) is 6.42 Å². The van der Waals surface area contributed by atoms with Crippen LogP contribution in [0.4, 0.5) is 0 Å². The highest BCUT2D eigenvalue weighted by atomic mass is 16.5. The third-order valence-corrected chi connectivity index (χ3v) is 8.64. The van der Waals surface area contributed by atoms with Crippen LogP contribution in [0, 0.1) is 0 Å². The van der Waals surface area contributed by atoms with Crippen molar-refractivity contribution < 1.29 is 4.74 Å². The van der Waals surface area contributed by atoms with E-state index in [0.29, 0.717) is 6.04 Å². The molecular weight excluding hydrogens is 466 g/mol. The monoisotopic (exact) mass is 511 g/mol. The maximum atomic E-state index is 5.53. The normalized spacial score (nSPS) is 18.3. The van der Waals surface area contributed by atoms with Crippen molar-refractivity contribution in [1.82, 2.24) is 15.1 Å². The Morgan fingerprint density at radius 1 is 0.763 bits per heavy atom. The molecule has 3 aromatic carbocycles. The van der Waals surface area contributed by atoms with E-state index in [0.717, 1.165) is 37.7 Å². The van der Waals surface area contributed by atoms with Gasteiger partial charge in [-0.05, 0) is 67.1 Å². The number of hydrogen-bond donors (Lipinski definition) is 1. The second kappa shape index (κ2) is 13.9. The first kappa shape index (κ1) is 26.9. The maximum Gasteiger partial charge on any atom is 0.122 e. The van der Waals surface area contributed by atoms with Crippen LogP contribution in [0.2, 0.25) is 0 Å². The summed E-state index contributed by atoms with van der Waals surface area (Å²) in [7, 11) is 1.76. The fourth-order valence-electron chi connectivity index (χ4n) is 6.45. The van der Waals surface area contributed by atoms with Gasteiger partial charge in [-0.3, -0.25) is 9.80 Å². The molecule has 1 aliphatic carbocycles. The van der Waals surface area contributed by atoms with Crippen LogP contribution in [0.25, 0.3) is 11.1 Å². The van der Waals surface area contributed by atoms with Crippen LogP contribution < -0.4 is 10.1 Å². The van der Waals surface area contributed by atoms with Crippen LogP contribution in [0.15, 0.2) is 78.9 Å². The van der Waals surface area contributed by atoms with Gasteiger partial charge in [0.1, 0.15) is 5.75 Å². The first-order chi connectivity index (χ1) is 18.8. The Balaban J connectivity index is 1.21. The fraction of sp³-hybridized carbons (Fsp3) is 0.471. The first-order valence-electron chi connectivity index (χ1n) is 14.8. The molecule has 0 radical (unpaired) electrons. The number of methoxy groups -OCH3 is 1. The lowest BCUT2D eigenvalue weighted by Gasteiger charge is -2.43. The van der Waals surface area contributed by atoms with E-state index in [1.165, 1.54) is 80.5 Å². The van der Waals surface area contributed by atoms with Crippen LogP contribution in [-0.4, -0.2) is 62.2 Å². The van der Waals surface area contributed by atoms with Gasteiger partial charge in [-0.1, -0.05) is 92.1 Å². The molecule has 1 atom stereocenters. The van der Waals surface area contributed by atoms with E-state index in [4.69, 9.17) is 4.74 Å². The van der Waals surface area contributed by atoms with Gasteiger partial charge in [-0.2, -0.15) is 0 Å². The Hall–Kier alpha value is -2.66. The summed E-state index contributed by atoms with van der Waals surface area (Å²) in [5.41, 5.74) is 5.30. The molecule has 0 amide bonds. The molecular formula is C34H45N3O. The molecule has 1 aliphatic heterocycles. The Kier molecular flexibility index (Phi) is 9.87. The zero-order valence-electron chi connectivity index (χ0n) is 23.2. The van der Waals surface area contributed by atoms with E-state index >= 15 is 0 Å². The lowest BCUT2D eigenvalue weighted by Crippen LogP contribution is -2.51. The van der Waals surface area contributed by atoms with E-state index in [-0.39, 0.29) is 0 Å². The van der Waals surface area contributed by atoms with Crippen LogP contribution >= 0.6 is 0 Å². The summed E-state index contributed by atoms with van der Waals surface area (Å²) in [5, 5.41) is 3.73. The first-order valence-corrected chi connectivity index (χ1v) is 14.8. The van der Waals surface area contributed by atoms with Gasteiger partial charge < -0.3 is 10.1 Å². The zero-order valence-corrected chi connectivity index (χ0v) is 23.2. The molecule has 4 heteroatoms. The quantitative estimate of drug-likeness (QED) is 0.295. The number of piperazine rings is 1. The van der Waals surface area contributed by atoms with Gasteiger partial charge in [-0.25, -0.2) is 0 Å². The van der Waals surface area contributed by atoms with Gasteiger partial charge in [0.05, 0.1) is 7.11 Å². The number of rotatable bonds is 11. The molecule has 2 fully saturated rings. The van der Waals surface area contributed by atoms with Gasteiger partial charge in [-0.15, -0.1) is 0 Å². The minimum absolute atomic E-state index is 0.451. The minimum Gasteiger partial charge on any atom is -0.496 e. The molecule has 1 N–H and O–H groups in total. The summed E-state index contributed by atoms with van der Waals surface area (Å²) < 4.78 is 5.53. The SMILES string of the molecule is COc1ccccc1CCNCCC(c1ccc(-c2ccccc2)cc1)N1CCN(C2CCCCC2)CC1. The highest BCUT2D eigenvalue weighted by molar-refractivity contribution is 5.63. The predicted molar refractivity (Wildman–Crippen MR) is 159 cm³/mol. The molecule has 5 rings (SSSR count). The van der Waals surface area contributed by atoms with Crippen molar-refractivity contribution >= 4 is 0 Å². The zero-order chi connectivity index (χ0) is 26.0. The highest BCUT2D eigenvalue weighted by Crippen LogP contribution is 2.30. The Morgan fingerprint density at radius 2 is 1.45 bits per heavy atom. The average Bonchev–Trinajstić information content (AvgIpc) is 3.00. The summed E-state index contributed by atoms with van der Waals surface area (Å²) in [6.45, 7) is 6.75. The Morgan fingerprint density at radius 3 is 2.18 bits per heavy atom. The molecule has 0 aromatic heterocycles. The molecule has 202 valence electrons. The van der Waals surface area contributed by atoms with E-state index in [9.17, 15) is 0 Å². The average molecular weight is 512 g/mol. The van der Waals surface area contributed by atoms with E-state index in [2.05, 4.69) is 87.9 Å². The summed E-state index contributed by atoms with van der Waals surface area (Å²) in [4.78, 5) is 5.54. The molecule has 38 heavy (non-hydrogen) atoms. The van der Waals surface area contributed by atoms with Crippen molar-refractivity contribution in [2.24, 2.45) is 0 Å². The summed E-state index contributed by atoms with van der Waals surface area (Å²) in [6.07, 6.45) is 9.19. The second-order valence-electron chi connectivity index (χ2n) is 11.0. The van der Waals surface area contributed by atoms with Crippen molar-refractivity contribution in [3.05, 3.63) is 90.0 Å². The van der Waals surface area contributed by atoms with E-state index in [1.54, 1.807) is 7.11 Å². The Bertz CT molecular complexity index is 1090. The maximum absolute atomic E-state index is 5.53. The van der Waals surface area contributed by atoms with Crippen molar-refractivity contribution in [2.45, 2.75) is 57.0 Å². The third kappa shape index (κ3) is 7.05. The molecule has 2 aliphatic rings. The van der Waals surface area contributed by atoms with Crippen LogP contribution in [0.1, 0.15) is 55.7 Å². The largest absolute Gasteiger partial charge is 0.496 e. The summed E-state index contributed by atoms with van der Waals surface area (Å²) in [6, 6.07) is 29.7. The molecule has 1 unspecified atom stereocenters. The topological polar surface area (TPSA) is 27.7 Å². The number of hydrogen-bond acceptors (Lipinski definition) is 4. The van der Waals surface area contributed by atoms with Crippen molar-refractivity contribution in [3.63, 3.8) is 0 Å². The number of para-hydroxylation sites is 1. The number of benzene rings is 3. The molecule has 0 bridgehead atoms. The van der Waals surface area contributed by atoms with Crippen LogP contribution in [0.5, 0.6) is 5.75 Å². The second-order valence-corrected chi connectivity index (χ2v) is 11.0. The number of nitrogens with one attached hydrogen (secondary N) is 1. The van der Waals surface area contributed by atoms with Crippen molar-refractivity contribution in [1.29, 1.82) is 0 Å². The standard InChI is InChI=1S/C34H45N3O/c1-38-34-15-9-8-12-31(34)20-22-35-23-21-33(30-18-16-29(17-19-30)28-10-4-2-5-11-28)37-26-24-36(25-27-37)32-13-6-3-7-14-32/h2,4-5,8-12,15-19,32-33,35H,3,6-7,13-14,20-27H2,1H3. The molecule has 1 saturated carbocycles. The molecule has 4 nitrogen and oxygen atoms in total. The summed E-state index contributed by atoms with van der Waals surface area (Å²) >= 11 is 0. The van der Waals surface area contributed by atoms with Gasteiger partial charge >= 0.3 is 0 Å². The lowest BCUT2D eigenvalue weighted by atomic mass is 9.93. The summed E-state index contributed by atoms with van der Waals surface area (Å²) in [5.74, 6) is 0.988. The fourth-order valence-corrected chi connectivity index (χ4v) is 6.45. The number of ether oxygens (including phenoxy) is 1. The molecule has 0 spiro atoms. The van der Waals surface area contributed by atoms with E-state index < -0.39 is 0 Å². The van der Waals surface area contributed by atoms with Crippen molar-refractivity contribution in [3.8, 4) is 16.9 Å². The predicted octanol–water partition coefficient (Wildman–Crippen LogP) is 6.58. The van der Waals surface area contributed by atoms with Gasteiger partial charge in [0, 0.05) is 38.3 Å². The molecule has 3 aromatic rings. The molecule has 1 saturated heterocycles. The number of nitrogens with zero attached hydrogens (tertiary/aromatic N) is 2. The molecule has 1 heterocycles. The minimum atomic E-state index is 0.451. The van der Waals surface area contributed by atoms with Gasteiger partial charge in [0.2, 0.25) is 0 Å². The highest BCUT2D eigenvalue weighted by Gasteiger charge is 2.29. The Labute approximate surface area is 230 Å². The lowest BCUT2D eigenvalue weighted by molar-refractivity contribution is 0.0538. The van der Waals surface area contributed by atoms with Gasteiger partial charge in [0.15, 0.2) is 0 Å². The van der Waals surface area contributed by atoms with Gasteiger partial charge in [0.25, 0.3) is 0 Å². The third-order valence-electron chi connectivity index (χ3n) is 8.64. The van der Waals surface area contributed by atoms with Crippen molar-refractivity contribution in [2.75, 3.05) is 46.4 Å².